The molecule has 1 amide bonds. The van der Waals surface area contributed by atoms with E-state index in [4.69, 9.17) is 11.6 Å². The number of sulfonamides is 1. The second kappa shape index (κ2) is 9.48. The van der Waals surface area contributed by atoms with E-state index in [0.717, 1.165) is 28.1 Å². The molecule has 9 nitrogen and oxygen atoms in total. The lowest BCUT2D eigenvalue weighted by molar-refractivity contribution is -0.134. The fraction of sp³-hybridized carbons (Fsp3) is 0.261. The highest BCUT2D eigenvalue weighted by molar-refractivity contribution is 7.93. The fourth-order valence-corrected chi connectivity index (χ4v) is 6.15. The minimum Gasteiger partial charge on any atom is -0.368 e. The Morgan fingerprint density at radius 2 is 2.00 bits per heavy atom. The molecule has 35 heavy (non-hydrogen) atoms. The van der Waals surface area contributed by atoms with Crippen molar-refractivity contribution in [2.24, 2.45) is 0 Å². The first-order chi connectivity index (χ1) is 16.8. The van der Waals surface area contributed by atoms with E-state index in [0.29, 0.717) is 24.7 Å². The third-order valence-electron chi connectivity index (χ3n) is 6.08. The van der Waals surface area contributed by atoms with Crippen LogP contribution in [0.25, 0.3) is 10.9 Å². The van der Waals surface area contributed by atoms with Gasteiger partial charge in [-0.15, -0.1) is 0 Å². The van der Waals surface area contributed by atoms with Gasteiger partial charge in [-0.1, -0.05) is 17.7 Å². The Balaban J connectivity index is 0.00000190. The molecule has 0 aliphatic carbocycles. The van der Waals surface area contributed by atoms with Gasteiger partial charge in [-0.2, -0.15) is 4.37 Å². The van der Waals surface area contributed by atoms with Crippen molar-refractivity contribution >= 4 is 60.8 Å². The quantitative estimate of drug-likeness (QED) is 0.398. The van der Waals surface area contributed by atoms with Crippen LogP contribution in [0.1, 0.15) is 9.78 Å². The lowest BCUT2D eigenvalue weighted by atomic mass is 10.1. The number of fused-ring (bicyclic) bond motifs is 1. The first-order valence-electron chi connectivity index (χ1n) is 11.0. The van der Waals surface area contributed by atoms with Crippen LogP contribution in [0.15, 0.2) is 66.0 Å². The number of hydrogen-bond donors (Lipinski definition) is 1. The SMILES string of the molecule is C[C@H]1CN(c2ccc(S(=O)(=O)Nc3ncns3)cc2)CCN1C(=O)Cn1ccc2ccc(Cl)cc21.[HH].[HH]. The van der Waals surface area contributed by atoms with Gasteiger partial charge in [-0.05, 0) is 54.8 Å². The molecule has 0 radical (unpaired) electrons. The minimum absolute atomic E-state index is 0. The number of anilines is 2. The van der Waals surface area contributed by atoms with E-state index < -0.39 is 10.0 Å². The van der Waals surface area contributed by atoms with Crippen molar-refractivity contribution in [1.29, 1.82) is 0 Å². The number of rotatable bonds is 6. The molecule has 0 spiro atoms. The van der Waals surface area contributed by atoms with Crippen LogP contribution >= 0.6 is 23.1 Å². The molecule has 1 N–H and O–H groups in total. The van der Waals surface area contributed by atoms with E-state index in [1.54, 1.807) is 24.3 Å². The van der Waals surface area contributed by atoms with Crippen LogP contribution in [0.3, 0.4) is 0 Å². The number of nitrogens with one attached hydrogen (secondary N) is 1. The van der Waals surface area contributed by atoms with Gasteiger partial charge in [0.2, 0.25) is 11.0 Å². The Morgan fingerprint density at radius 1 is 1.20 bits per heavy atom. The maximum absolute atomic E-state index is 13.1. The molecule has 186 valence electrons. The minimum atomic E-state index is -3.73. The van der Waals surface area contributed by atoms with E-state index in [-0.39, 0.29) is 31.4 Å². The van der Waals surface area contributed by atoms with Gasteiger partial charge in [0.25, 0.3) is 10.0 Å². The molecule has 2 aromatic carbocycles. The van der Waals surface area contributed by atoms with E-state index in [2.05, 4.69) is 19.0 Å². The van der Waals surface area contributed by atoms with Gasteiger partial charge >= 0.3 is 0 Å². The number of benzene rings is 2. The van der Waals surface area contributed by atoms with Crippen LogP contribution in [0.4, 0.5) is 10.8 Å². The largest absolute Gasteiger partial charge is 0.368 e. The monoisotopic (exact) mass is 534 g/mol. The summed E-state index contributed by atoms with van der Waals surface area (Å²) in [7, 11) is -3.73. The van der Waals surface area contributed by atoms with Crippen molar-refractivity contribution in [2.45, 2.75) is 24.4 Å². The standard InChI is InChI=1S/C23H23ClN6O3S2.2H2/c1-16-13-28(19-4-6-20(7-5-19)35(32,33)27-23-25-15-26-34-23)10-11-30(16)22(31)14-29-9-8-17-2-3-18(24)12-21(17)29;;/h2-9,12,15-16H,10-11,13-14H2,1H3,(H,25,26,27);2*1H/t16-;;/m0../s1. The number of halogens is 1. The maximum atomic E-state index is 13.1. The number of hydrogen-bond acceptors (Lipinski definition) is 7. The Morgan fingerprint density at radius 3 is 2.71 bits per heavy atom. The molecule has 0 unspecified atom stereocenters. The van der Waals surface area contributed by atoms with Crippen LogP contribution in [-0.2, 0) is 21.4 Å². The van der Waals surface area contributed by atoms with Crippen LogP contribution < -0.4 is 9.62 Å². The van der Waals surface area contributed by atoms with Crippen molar-refractivity contribution in [3.63, 3.8) is 0 Å². The molecule has 12 heteroatoms. The normalized spacial score (nSPS) is 16.6. The Kier molecular flexibility index (Phi) is 6.39. The highest BCUT2D eigenvalue weighted by Crippen LogP contribution is 2.24. The van der Waals surface area contributed by atoms with Crippen molar-refractivity contribution in [2.75, 3.05) is 29.3 Å². The highest BCUT2D eigenvalue weighted by Gasteiger charge is 2.28. The van der Waals surface area contributed by atoms with Gasteiger partial charge in [0.1, 0.15) is 12.9 Å². The second-order valence-electron chi connectivity index (χ2n) is 8.37. The smallest absolute Gasteiger partial charge is 0.263 e. The van der Waals surface area contributed by atoms with Crippen LogP contribution in [0.2, 0.25) is 5.02 Å². The first-order valence-corrected chi connectivity index (χ1v) is 13.6. The number of amides is 1. The lowest BCUT2D eigenvalue weighted by Crippen LogP contribution is -2.54. The van der Waals surface area contributed by atoms with E-state index in [1.807, 2.05) is 46.9 Å². The zero-order chi connectivity index (χ0) is 24.6. The Bertz CT molecular complexity index is 1470. The van der Waals surface area contributed by atoms with Gasteiger partial charge in [0.05, 0.1) is 4.90 Å². The summed E-state index contributed by atoms with van der Waals surface area (Å²) < 4.78 is 33.2. The van der Waals surface area contributed by atoms with Gasteiger partial charge in [-0.25, -0.2) is 13.4 Å². The van der Waals surface area contributed by atoms with Crippen molar-refractivity contribution in [3.8, 4) is 0 Å². The molecule has 1 aliphatic rings. The maximum Gasteiger partial charge on any atom is 0.263 e. The van der Waals surface area contributed by atoms with Gasteiger partial charge in [-0.3, -0.25) is 9.52 Å². The number of carbonyl (C=O) groups excluding carboxylic acids is 1. The molecule has 1 saturated heterocycles. The van der Waals surface area contributed by atoms with Crippen molar-refractivity contribution < 1.29 is 16.1 Å². The molecular formula is C23H27ClN6O3S2. The molecule has 5 rings (SSSR count). The topological polar surface area (TPSA) is 100 Å². The molecule has 4 aromatic rings. The Hall–Kier alpha value is -3.15. The number of carbonyl (C=O) groups is 1. The lowest BCUT2D eigenvalue weighted by Gasteiger charge is -2.41. The summed E-state index contributed by atoms with van der Waals surface area (Å²) in [5, 5.41) is 1.91. The first kappa shape index (κ1) is 23.6. The summed E-state index contributed by atoms with van der Waals surface area (Å²) >= 11 is 7.12. The number of aromatic nitrogens is 3. The second-order valence-corrected chi connectivity index (χ2v) is 11.3. The molecule has 1 atom stereocenters. The summed E-state index contributed by atoms with van der Waals surface area (Å²) in [5.41, 5.74) is 1.85. The fourth-order valence-electron chi connectivity index (χ4n) is 4.32. The summed E-state index contributed by atoms with van der Waals surface area (Å²) in [6, 6.07) is 14.4. The zero-order valence-corrected chi connectivity index (χ0v) is 21.2. The molecular weight excluding hydrogens is 508 g/mol. The highest BCUT2D eigenvalue weighted by atomic mass is 35.5. The molecule has 3 heterocycles. The van der Waals surface area contributed by atoms with Crippen LogP contribution in [0.5, 0.6) is 0 Å². The summed E-state index contributed by atoms with van der Waals surface area (Å²) in [6.45, 7) is 4.17. The van der Waals surface area contributed by atoms with E-state index >= 15 is 0 Å². The molecule has 0 saturated carbocycles. The molecule has 0 bridgehead atoms. The number of nitrogens with zero attached hydrogens (tertiary/aromatic N) is 5. The zero-order valence-electron chi connectivity index (χ0n) is 18.8. The van der Waals surface area contributed by atoms with E-state index in [9.17, 15) is 13.2 Å². The van der Waals surface area contributed by atoms with Crippen molar-refractivity contribution in [1.82, 2.24) is 18.8 Å². The Labute approximate surface area is 215 Å². The van der Waals surface area contributed by atoms with E-state index in [1.165, 1.54) is 6.33 Å². The van der Waals surface area contributed by atoms with Gasteiger partial charge < -0.3 is 14.4 Å². The number of piperazine rings is 1. The van der Waals surface area contributed by atoms with Gasteiger partial charge in [0.15, 0.2) is 0 Å². The third-order valence-corrected chi connectivity index (χ3v) is 8.38. The predicted octanol–water partition coefficient (Wildman–Crippen LogP) is 4.18. The summed E-state index contributed by atoms with van der Waals surface area (Å²) in [5.74, 6) is 0.0545. The predicted molar refractivity (Wildman–Crippen MR) is 142 cm³/mol. The summed E-state index contributed by atoms with van der Waals surface area (Å²) in [4.78, 5) is 21.2. The molecule has 2 aromatic heterocycles. The third kappa shape index (κ3) is 4.97. The average Bonchev–Trinajstić information content (AvgIpc) is 3.48. The molecule has 1 fully saturated rings. The van der Waals surface area contributed by atoms with Crippen LogP contribution in [-0.4, -0.2) is 58.8 Å². The summed E-state index contributed by atoms with van der Waals surface area (Å²) in [6.07, 6.45) is 3.21. The van der Waals surface area contributed by atoms with Crippen molar-refractivity contribution in [3.05, 3.63) is 66.1 Å². The molecule has 1 aliphatic heterocycles. The van der Waals surface area contributed by atoms with Gasteiger partial charge in [0, 0.05) is 62.5 Å². The van der Waals surface area contributed by atoms with Crippen LogP contribution in [0, 0.1) is 0 Å². The average molecular weight is 535 g/mol.